The van der Waals surface area contributed by atoms with Crippen LogP contribution in [0, 0.1) is 0 Å². The van der Waals surface area contributed by atoms with Gasteiger partial charge in [-0.2, -0.15) is 0 Å². The molecule has 5 nitrogen and oxygen atoms in total. The first kappa shape index (κ1) is 19.7. The summed E-state index contributed by atoms with van der Waals surface area (Å²) in [5.74, 6) is 0.461. The lowest BCUT2D eigenvalue weighted by molar-refractivity contribution is -0.140. The van der Waals surface area contributed by atoms with Crippen LogP contribution in [0.1, 0.15) is 40.4 Å². The van der Waals surface area contributed by atoms with Crippen molar-refractivity contribution in [2.24, 2.45) is 0 Å². The summed E-state index contributed by atoms with van der Waals surface area (Å²) in [7, 11) is 3.12. The monoisotopic (exact) mass is 380 g/mol. The fourth-order valence-electron chi connectivity index (χ4n) is 3.35. The van der Waals surface area contributed by atoms with Gasteiger partial charge in [0.1, 0.15) is 11.5 Å². The maximum atomic E-state index is 12.6. The molecular formula is C23H24O5. The van der Waals surface area contributed by atoms with Crippen molar-refractivity contribution in [1.29, 1.82) is 0 Å². The van der Waals surface area contributed by atoms with Gasteiger partial charge in [0.05, 0.1) is 14.2 Å². The van der Waals surface area contributed by atoms with Gasteiger partial charge in [0, 0.05) is 17.2 Å². The van der Waals surface area contributed by atoms with Gasteiger partial charge in [-0.05, 0) is 67.7 Å². The number of carbonyl (C=O) groups is 2. The van der Waals surface area contributed by atoms with E-state index in [1.165, 1.54) is 17.2 Å². The SMILES string of the molecule is COc1ccc(OC)c(/C=C/C(=O)O[C@H](C)C(=O)c2ccc3c(c2)CCC3)c1. The Labute approximate surface area is 164 Å². The summed E-state index contributed by atoms with van der Waals surface area (Å²) >= 11 is 0. The fourth-order valence-corrected chi connectivity index (χ4v) is 3.35. The van der Waals surface area contributed by atoms with Crippen LogP contribution < -0.4 is 9.47 Å². The number of hydrogen-bond donors (Lipinski definition) is 0. The van der Waals surface area contributed by atoms with Crippen molar-refractivity contribution < 1.29 is 23.8 Å². The van der Waals surface area contributed by atoms with E-state index < -0.39 is 12.1 Å². The third-order valence-electron chi connectivity index (χ3n) is 4.88. The molecule has 2 aromatic rings. The van der Waals surface area contributed by atoms with Crippen LogP contribution in [0.2, 0.25) is 0 Å². The summed E-state index contributed by atoms with van der Waals surface area (Å²) in [4.78, 5) is 24.8. The zero-order valence-electron chi connectivity index (χ0n) is 16.4. The summed E-state index contributed by atoms with van der Waals surface area (Å²) in [6.45, 7) is 1.59. The summed E-state index contributed by atoms with van der Waals surface area (Å²) in [5, 5.41) is 0. The molecule has 0 saturated heterocycles. The first-order chi connectivity index (χ1) is 13.5. The van der Waals surface area contributed by atoms with Gasteiger partial charge in [0.25, 0.3) is 0 Å². The maximum absolute atomic E-state index is 12.6. The Kier molecular flexibility index (Phi) is 6.14. The van der Waals surface area contributed by atoms with Crippen molar-refractivity contribution in [3.63, 3.8) is 0 Å². The predicted octanol–water partition coefficient (Wildman–Crippen LogP) is 4.02. The minimum absolute atomic E-state index is 0.199. The van der Waals surface area contributed by atoms with Crippen LogP contribution in [0.15, 0.2) is 42.5 Å². The second-order valence-corrected chi connectivity index (χ2v) is 6.72. The number of ether oxygens (including phenoxy) is 3. The molecule has 1 atom stereocenters. The number of benzene rings is 2. The van der Waals surface area contributed by atoms with Crippen molar-refractivity contribution in [3.8, 4) is 11.5 Å². The molecular weight excluding hydrogens is 356 g/mol. The largest absolute Gasteiger partial charge is 0.497 e. The van der Waals surface area contributed by atoms with Crippen molar-refractivity contribution in [2.45, 2.75) is 32.3 Å². The molecule has 5 heteroatoms. The molecule has 0 aromatic heterocycles. The highest BCUT2D eigenvalue weighted by Gasteiger charge is 2.20. The van der Waals surface area contributed by atoms with Gasteiger partial charge in [-0.15, -0.1) is 0 Å². The number of esters is 1. The third kappa shape index (κ3) is 4.42. The zero-order chi connectivity index (χ0) is 20.1. The maximum Gasteiger partial charge on any atom is 0.331 e. The van der Waals surface area contributed by atoms with Crippen molar-refractivity contribution in [2.75, 3.05) is 14.2 Å². The molecule has 0 heterocycles. The second kappa shape index (κ2) is 8.74. The van der Waals surface area contributed by atoms with Gasteiger partial charge < -0.3 is 14.2 Å². The van der Waals surface area contributed by atoms with E-state index >= 15 is 0 Å². The molecule has 146 valence electrons. The van der Waals surface area contributed by atoms with Gasteiger partial charge in [-0.1, -0.05) is 12.1 Å². The van der Waals surface area contributed by atoms with E-state index in [2.05, 4.69) is 0 Å². The van der Waals surface area contributed by atoms with Crippen LogP contribution in [-0.4, -0.2) is 32.1 Å². The van der Waals surface area contributed by atoms with E-state index in [4.69, 9.17) is 14.2 Å². The Morgan fingerprint density at radius 3 is 2.54 bits per heavy atom. The average Bonchev–Trinajstić information content (AvgIpc) is 3.19. The van der Waals surface area contributed by atoms with Gasteiger partial charge in [0.15, 0.2) is 6.10 Å². The first-order valence-corrected chi connectivity index (χ1v) is 9.28. The fraction of sp³-hybridized carbons (Fsp3) is 0.304. The predicted molar refractivity (Wildman–Crippen MR) is 107 cm³/mol. The molecule has 3 rings (SSSR count). The number of Topliss-reactive ketones (excluding diaryl/α,β-unsaturated/α-hetero) is 1. The van der Waals surface area contributed by atoms with Crippen molar-refractivity contribution in [3.05, 3.63) is 64.7 Å². The number of hydrogen-bond acceptors (Lipinski definition) is 5. The van der Waals surface area contributed by atoms with Crippen LogP contribution in [0.5, 0.6) is 11.5 Å². The van der Waals surface area contributed by atoms with Gasteiger partial charge >= 0.3 is 5.97 Å². The Balaban J connectivity index is 1.66. The van der Waals surface area contributed by atoms with E-state index in [9.17, 15) is 9.59 Å². The Morgan fingerprint density at radius 1 is 1.00 bits per heavy atom. The molecule has 0 amide bonds. The van der Waals surface area contributed by atoms with Crippen LogP contribution >= 0.6 is 0 Å². The number of aryl methyl sites for hydroxylation is 2. The Bertz CT molecular complexity index is 913. The topological polar surface area (TPSA) is 61.8 Å². The van der Waals surface area contributed by atoms with Crippen LogP contribution in [-0.2, 0) is 22.4 Å². The minimum Gasteiger partial charge on any atom is -0.497 e. The lowest BCUT2D eigenvalue weighted by atomic mass is 10.0. The van der Waals surface area contributed by atoms with Crippen molar-refractivity contribution >= 4 is 17.8 Å². The molecule has 0 spiro atoms. The average molecular weight is 380 g/mol. The van der Waals surface area contributed by atoms with Gasteiger partial charge in [-0.3, -0.25) is 4.79 Å². The third-order valence-corrected chi connectivity index (χ3v) is 4.88. The van der Waals surface area contributed by atoms with Crippen LogP contribution in [0.25, 0.3) is 6.08 Å². The molecule has 1 aliphatic rings. The summed E-state index contributed by atoms with van der Waals surface area (Å²) < 4.78 is 15.8. The number of rotatable bonds is 7. The quantitative estimate of drug-likeness (QED) is 0.412. The van der Waals surface area contributed by atoms with E-state index in [1.807, 2.05) is 18.2 Å². The normalized spacial score (nSPS) is 13.8. The lowest BCUT2D eigenvalue weighted by Crippen LogP contribution is -2.23. The minimum atomic E-state index is -0.858. The number of methoxy groups -OCH3 is 2. The molecule has 0 N–H and O–H groups in total. The Morgan fingerprint density at radius 2 is 1.79 bits per heavy atom. The Hall–Kier alpha value is -3.08. The highest BCUT2D eigenvalue weighted by Crippen LogP contribution is 2.25. The lowest BCUT2D eigenvalue weighted by Gasteiger charge is -2.12. The number of ketones is 1. The smallest absolute Gasteiger partial charge is 0.331 e. The highest BCUT2D eigenvalue weighted by molar-refractivity contribution is 6.01. The first-order valence-electron chi connectivity index (χ1n) is 9.28. The van der Waals surface area contributed by atoms with Crippen LogP contribution in [0.3, 0.4) is 0 Å². The molecule has 0 aliphatic heterocycles. The van der Waals surface area contributed by atoms with E-state index in [0.29, 0.717) is 22.6 Å². The van der Waals surface area contributed by atoms with E-state index in [0.717, 1.165) is 19.3 Å². The molecule has 0 saturated carbocycles. The molecule has 28 heavy (non-hydrogen) atoms. The van der Waals surface area contributed by atoms with Gasteiger partial charge in [0.2, 0.25) is 5.78 Å². The molecule has 0 fully saturated rings. The summed E-state index contributed by atoms with van der Waals surface area (Å²) in [5.41, 5.74) is 3.78. The number of carbonyl (C=O) groups excluding carboxylic acids is 2. The van der Waals surface area contributed by atoms with E-state index in [-0.39, 0.29) is 5.78 Å². The van der Waals surface area contributed by atoms with Crippen molar-refractivity contribution in [1.82, 2.24) is 0 Å². The molecule has 1 aliphatic carbocycles. The van der Waals surface area contributed by atoms with Crippen LogP contribution in [0.4, 0.5) is 0 Å². The number of fused-ring (bicyclic) bond motifs is 1. The standard InChI is InChI=1S/C23H24O5/c1-15(23(25)19-8-7-16-5-4-6-17(16)13-19)28-22(24)12-9-18-14-20(26-2)10-11-21(18)27-3/h7-15H,4-6H2,1-3H3/b12-9+/t15-/m1/s1. The second-order valence-electron chi connectivity index (χ2n) is 6.72. The zero-order valence-corrected chi connectivity index (χ0v) is 16.4. The van der Waals surface area contributed by atoms with E-state index in [1.54, 1.807) is 45.4 Å². The molecule has 0 unspecified atom stereocenters. The summed E-state index contributed by atoms with van der Waals surface area (Å²) in [6.07, 6.45) is 5.18. The van der Waals surface area contributed by atoms with Gasteiger partial charge in [-0.25, -0.2) is 4.79 Å². The highest BCUT2D eigenvalue weighted by atomic mass is 16.5. The summed E-state index contributed by atoms with van der Waals surface area (Å²) in [6, 6.07) is 11.0. The molecule has 0 radical (unpaired) electrons. The molecule has 0 bridgehead atoms. The molecule has 2 aromatic carbocycles.